The van der Waals surface area contributed by atoms with Gasteiger partial charge in [0.15, 0.2) is 0 Å². The van der Waals surface area contributed by atoms with E-state index in [2.05, 4.69) is 50.2 Å². The summed E-state index contributed by atoms with van der Waals surface area (Å²) >= 11 is 0. The average Bonchev–Trinajstić information content (AvgIpc) is 2.30. The fraction of sp³-hybridized carbons (Fsp3) is 0.625. The molecule has 0 spiro atoms. The molecule has 0 amide bonds. The van der Waals surface area contributed by atoms with Crippen molar-refractivity contribution in [1.82, 2.24) is 4.90 Å². The quantitative estimate of drug-likeness (QED) is 0.765. The van der Waals surface area contributed by atoms with Crippen molar-refractivity contribution in [3.05, 3.63) is 35.4 Å². The second kappa shape index (κ2) is 5.22. The second-order valence-corrected chi connectivity index (χ2v) is 5.94. The molecule has 0 heterocycles. The van der Waals surface area contributed by atoms with E-state index in [0.29, 0.717) is 5.41 Å². The van der Waals surface area contributed by atoms with Crippen LogP contribution in [0.25, 0.3) is 0 Å². The fourth-order valence-corrected chi connectivity index (χ4v) is 3.28. The molecule has 17 heavy (non-hydrogen) atoms. The van der Waals surface area contributed by atoms with Crippen LogP contribution < -0.4 is 0 Å². The number of likely N-dealkylation sites (N-methyl/N-ethyl adjacent to an activating group) is 1. The number of rotatable bonds is 3. The van der Waals surface area contributed by atoms with Crippen molar-refractivity contribution in [2.45, 2.75) is 44.4 Å². The molecule has 1 saturated carbocycles. The average molecular weight is 231 g/mol. The minimum absolute atomic E-state index is 0.412. The summed E-state index contributed by atoms with van der Waals surface area (Å²) in [6.07, 6.45) is 6.91. The smallest absolute Gasteiger partial charge is 0.00800 e. The molecule has 1 aromatic carbocycles. The minimum Gasteiger partial charge on any atom is -0.309 e. The molecule has 0 aromatic heterocycles. The van der Waals surface area contributed by atoms with Crippen LogP contribution >= 0.6 is 0 Å². The van der Waals surface area contributed by atoms with Crippen LogP contribution in [-0.2, 0) is 5.41 Å². The van der Waals surface area contributed by atoms with Crippen molar-refractivity contribution in [3.63, 3.8) is 0 Å². The van der Waals surface area contributed by atoms with Crippen molar-refractivity contribution in [3.8, 4) is 0 Å². The third-order valence-electron chi connectivity index (χ3n) is 4.09. The first-order valence-electron chi connectivity index (χ1n) is 6.84. The maximum absolute atomic E-state index is 2.35. The topological polar surface area (TPSA) is 3.24 Å². The van der Waals surface area contributed by atoms with E-state index < -0.39 is 0 Å². The van der Waals surface area contributed by atoms with Gasteiger partial charge in [-0.1, -0.05) is 49.1 Å². The van der Waals surface area contributed by atoms with E-state index in [4.69, 9.17) is 0 Å². The van der Waals surface area contributed by atoms with E-state index in [1.807, 2.05) is 0 Å². The molecule has 0 saturated heterocycles. The number of aryl methyl sites for hydroxylation is 1. The van der Waals surface area contributed by atoms with Crippen molar-refractivity contribution in [2.75, 3.05) is 20.6 Å². The molecular formula is C16H25N. The molecule has 0 bridgehead atoms. The van der Waals surface area contributed by atoms with Gasteiger partial charge in [0.2, 0.25) is 0 Å². The third-order valence-corrected chi connectivity index (χ3v) is 4.09. The summed E-state index contributed by atoms with van der Waals surface area (Å²) in [4.78, 5) is 2.35. The minimum atomic E-state index is 0.412. The highest BCUT2D eigenvalue weighted by atomic mass is 15.1. The standard InChI is InChI=1S/C16H25N/c1-14-7-9-15(10-8-14)16(13-17(2)3)11-5-4-6-12-16/h7-10H,4-6,11-13H2,1-3H3. The van der Waals surface area contributed by atoms with Crippen LogP contribution in [0.4, 0.5) is 0 Å². The Morgan fingerprint density at radius 2 is 1.59 bits per heavy atom. The molecule has 2 rings (SSSR count). The zero-order chi connectivity index (χ0) is 12.3. The summed E-state index contributed by atoms with van der Waals surface area (Å²) in [5.74, 6) is 0. The summed E-state index contributed by atoms with van der Waals surface area (Å²) in [7, 11) is 4.40. The van der Waals surface area contributed by atoms with Crippen LogP contribution in [0, 0.1) is 6.92 Å². The van der Waals surface area contributed by atoms with Crippen molar-refractivity contribution < 1.29 is 0 Å². The van der Waals surface area contributed by atoms with Crippen LogP contribution in [0.2, 0.25) is 0 Å². The molecule has 0 N–H and O–H groups in total. The highest BCUT2D eigenvalue weighted by Crippen LogP contribution is 2.39. The van der Waals surface area contributed by atoms with Crippen LogP contribution in [0.5, 0.6) is 0 Å². The zero-order valence-corrected chi connectivity index (χ0v) is 11.5. The van der Waals surface area contributed by atoms with Gasteiger partial charge < -0.3 is 4.90 Å². The maximum Gasteiger partial charge on any atom is 0.00800 e. The molecule has 1 aliphatic rings. The largest absolute Gasteiger partial charge is 0.309 e. The first-order valence-corrected chi connectivity index (χ1v) is 6.84. The van der Waals surface area contributed by atoms with Gasteiger partial charge in [0.05, 0.1) is 0 Å². The summed E-state index contributed by atoms with van der Waals surface area (Å²) in [6.45, 7) is 3.36. The Morgan fingerprint density at radius 3 is 2.12 bits per heavy atom. The van der Waals surface area contributed by atoms with Crippen molar-refractivity contribution in [1.29, 1.82) is 0 Å². The lowest BCUT2D eigenvalue weighted by Gasteiger charge is -2.40. The number of nitrogens with zero attached hydrogens (tertiary/aromatic N) is 1. The molecule has 0 radical (unpaired) electrons. The van der Waals surface area contributed by atoms with E-state index in [1.165, 1.54) is 44.2 Å². The lowest BCUT2D eigenvalue weighted by atomic mass is 9.69. The van der Waals surface area contributed by atoms with Gasteiger partial charge in [-0.25, -0.2) is 0 Å². The zero-order valence-electron chi connectivity index (χ0n) is 11.5. The first-order chi connectivity index (χ1) is 8.12. The predicted molar refractivity (Wildman–Crippen MR) is 74.5 cm³/mol. The van der Waals surface area contributed by atoms with Gasteiger partial charge in [0, 0.05) is 12.0 Å². The molecule has 1 aromatic rings. The van der Waals surface area contributed by atoms with Crippen LogP contribution in [0.15, 0.2) is 24.3 Å². The molecule has 0 atom stereocenters. The van der Waals surface area contributed by atoms with Crippen LogP contribution in [-0.4, -0.2) is 25.5 Å². The van der Waals surface area contributed by atoms with E-state index in [9.17, 15) is 0 Å². The Kier molecular flexibility index (Phi) is 3.88. The van der Waals surface area contributed by atoms with E-state index in [-0.39, 0.29) is 0 Å². The molecule has 0 unspecified atom stereocenters. The molecule has 1 heteroatoms. The monoisotopic (exact) mass is 231 g/mol. The predicted octanol–water partition coefficient (Wildman–Crippen LogP) is 3.76. The Morgan fingerprint density at radius 1 is 1.00 bits per heavy atom. The van der Waals surface area contributed by atoms with Crippen molar-refractivity contribution in [2.24, 2.45) is 0 Å². The SMILES string of the molecule is Cc1ccc(C2(CN(C)C)CCCCC2)cc1. The Bertz CT molecular complexity index is 344. The van der Waals surface area contributed by atoms with Gasteiger partial charge in [0.25, 0.3) is 0 Å². The first kappa shape index (κ1) is 12.6. The molecule has 94 valence electrons. The Hall–Kier alpha value is -0.820. The molecule has 1 aliphatic carbocycles. The Labute approximate surface area is 106 Å². The third kappa shape index (κ3) is 2.90. The van der Waals surface area contributed by atoms with Gasteiger partial charge in [0.1, 0.15) is 0 Å². The normalized spacial score (nSPS) is 19.5. The second-order valence-electron chi connectivity index (χ2n) is 5.94. The summed E-state index contributed by atoms with van der Waals surface area (Å²) in [5.41, 5.74) is 3.33. The van der Waals surface area contributed by atoms with E-state index in [0.717, 1.165) is 0 Å². The number of benzene rings is 1. The molecule has 1 nitrogen and oxygen atoms in total. The van der Waals surface area contributed by atoms with Gasteiger partial charge in [-0.2, -0.15) is 0 Å². The van der Waals surface area contributed by atoms with Gasteiger partial charge in [-0.15, -0.1) is 0 Å². The van der Waals surface area contributed by atoms with Crippen molar-refractivity contribution >= 4 is 0 Å². The van der Waals surface area contributed by atoms with Gasteiger partial charge in [-0.3, -0.25) is 0 Å². The van der Waals surface area contributed by atoms with Gasteiger partial charge >= 0.3 is 0 Å². The van der Waals surface area contributed by atoms with E-state index in [1.54, 1.807) is 5.56 Å². The lowest BCUT2D eigenvalue weighted by Crippen LogP contribution is -2.39. The Balaban J connectivity index is 2.28. The maximum atomic E-state index is 2.35. The fourth-order valence-electron chi connectivity index (χ4n) is 3.28. The number of hydrogen-bond acceptors (Lipinski definition) is 1. The van der Waals surface area contributed by atoms with E-state index >= 15 is 0 Å². The lowest BCUT2D eigenvalue weighted by molar-refractivity contribution is 0.216. The number of hydrogen-bond donors (Lipinski definition) is 0. The molecule has 1 fully saturated rings. The highest BCUT2D eigenvalue weighted by Gasteiger charge is 2.34. The summed E-state index contributed by atoms with van der Waals surface area (Å²) < 4.78 is 0. The molecular weight excluding hydrogens is 206 g/mol. The van der Waals surface area contributed by atoms with Crippen LogP contribution in [0.1, 0.15) is 43.2 Å². The highest BCUT2D eigenvalue weighted by molar-refractivity contribution is 5.29. The summed E-state index contributed by atoms with van der Waals surface area (Å²) in [6, 6.07) is 9.23. The molecule has 0 aliphatic heterocycles. The van der Waals surface area contributed by atoms with Gasteiger partial charge in [-0.05, 0) is 39.4 Å². The summed E-state index contributed by atoms with van der Waals surface area (Å²) in [5, 5.41) is 0. The van der Waals surface area contributed by atoms with Crippen LogP contribution in [0.3, 0.4) is 0 Å².